The summed E-state index contributed by atoms with van der Waals surface area (Å²) in [6.07, 6.45) is 2.06. The topological polar surface area (TPSA) is 4.93 Å². The van der Waals surface area contributed by atoms with Crippen molar-refractivity contribution >= 4 is 15.9 Å². The first-order chi connectivity index (χ1) is 6.29. The van der Waals surface area contributed by atoms with Crippen molar-refractivity contribution in [1.29, 1.82) is 0 Å². The van der Waals surface area contributed by atoms with Gasteiger partial charge in [0.1, 0.15) is 0 Å². The van der Waals surface area contributed by atoms with E-state index in [4.69, 9.17) is 0 Å². The van der Waals surface area contributed by atoms with Crippen LogP contribution >= 0.6 is 15.9 Å². The molecule has 1 aromatic carbocycles. The molecule has 0 aliphatic rings. The smallest absolute Gasteiger partial charge is 0.0921 e. The minimum atomic E-state index is 1.12. The molecule has 0 aliphatic carbocycles. The van der Waals surface area contributed by atoms with E-state index in [9.17, 15) is 0 Å². The lowest BCUT2D eigenvalue weighted by atomic mass is 10.3. The molecular weight excluding hydrogens is 226 g/mol. The molecule has 1 aromatic heterocycles. The summed E-state index contributed by atoms with van der Waals surface area (Å²) in [6, 6.07) is 12.4. The first-order valence-corrected chi connectivity index (χ1v) is 4.97. The summed E-state index contributed by atoms with van der Waals surface area (Å²) >= 11 is 3.55. The van der Waals surface area contributed by atoms with Crippen molar-refractivity contribution in [3.63, 3.8) is 0 Å². The average molecular weight is 236 g/mol. The van der Waals surface area contributed by atoms with Crippen LogP contribution in [0.15, 0.2) is 47.2 Å². The molecule has 0 radical (unpaired) electrons. The summed E-state index contributed by atoms with van der Waals surface area (Å²) in [5.41, 5.74) is 2.44. The largest absolute Gasteiger partial charge is 0.311 e. The van der Waals surface area contributed by atoms with E-state index in [1.165, 1.54) is 11.3 Å². The van der Waals surface area contributed by atoms with E-state index in [0.29, 0.717) is 0 Å². The molecule has 0 bridgehead atoms. The van der Waals surface area contributed by atoms with Crippen LogP contribution in [0.4, 0.5) is 0 Å². The zero-order valence-corrected chi connectivity index (χ0v) is 8.95. The maximum atomic E-state index is 3.55. The third kappa shape index (κ3) is 1.54. The highest BCUT2D eigenvalue weighted by Gasteiger charge is 2.02. The fourth-order valence-electron chi connectivity index (χ4n) is 1.30. The predicted octanol–water partition coefficient (Wildman–Crippen LogP) is 3.55. The monoisotopic (exact) mass is 235 g/mol. The van der Waals surface area contributed by atoms with Gasteiger partial charge in [0.05, 0.1) is 4.60 Å². The van der Waals surface area contributed by atoms with E-state index in [1.807, 2.05) is 18.2 Å². The highest BCUT2D eigenvalue weighted by Crippen LogP contribution is 2.21. The van der Waals surface area contributed by atoms with Crippen LogP contribution in [-0.4, -0.2) is 4.57 Å². The second-order valence-corrected chi connectivity index (χ2v) is 3.75. The molecular formula is C11H10BrN. The van der Waals surface area contributed by atoms with Crippen LogP contribution in [0.5, 0.6) is 0 Å². The SMILES string of the molecule is Cc1ccn(-c2ccccc2)c1Br. The Bertz CT molecular complexity index is 403. The summed E-state index contributed by atoms with van der Waals surface area (Å²) in [5, 5.41) is 0. The predicted molar refractivity (Wildman–Crippen MR) is 58.2 cm³/mol. The van der Waals surface area contributed by atoms with Gasteiger partial charge in [0.2, 0.25) is 0 Å². The molecule has 0 amide bonds. The maximum absolute atomic E-state index is 3.55. The van der Waals surface area contributed by atoms with Crippen LogP contribution in [0.1, 0.15) is 5.56 Å². The zero-order valence-electron chi connectivity index (χ0n) is 7.37. The summed E-state index contributed by atoms with van der Waals surface area (Å²) in [7, 11) is 0. The van der Waals surface area contributed by atoms with Crippen molar-refractivity contribution in [3.8, 4) is 5.69 Å². The van der Waals surface area contributed by atoms with Gasteiger partial charge in [-0.05, 0) is 46.6 Å². The van der Waals surface area contributed by atoms with Gasteiger partial charge >= 0.3 is 0 Å². The molecule has 0 saturated carbocycles. The Morgan fingerprint density at radius 1 is 1.08 bits per heavy atom. The molecule has 0 atom stereocenters. The Hall–Kier alpha value is -1.02. The van der Waals surface area contributed by atoms with E-state index in [2.05, 4.69) is 51.8 Å². The number of aryl methyl sites for hydroxylation is 1. The third-order valence-electron chi connectivity index (χ3n) is 2.04. The van der Waals surface area contributed by atoms with Crippen molar-refractivity contribution < 1.29 is 0 Å². The quantitative estimate of drug-likeness (QED) is 0.713. The standard InChI is InChI=1S/C11H10BrN/c1-9-7-8-13(11(9)12)10-5-3-2-4-6-10/h2-8H,1H3. The number of rotatable bonds is 1. The maximum Gasteiger partial charge on any atom is 0.0921 e. The fraction of sp³-hybridized carbons (Fsp3) is 0.0909. The number of aromatic nitrogens is 1. The lowest BCUT2D eigenvalue weighted by Gasteiger charge is -2.04. The van der Waals surface area contributed by atoms with Crippen molar-refractivity contribution in [2.24, 2.45) is 0 Å². The normalized spacial score (nSPS) is 10.3. The molecule has 0 spiro atoms. The van der Waals surface area contributed by atoms with Crippen molar-refractivity contribution in [2.45, 2.75) is 6.92 Å². The van der Waals surface area contributed by atoms with Crippen LogP contribution < -0.4 is 0 Å². The lowest BCUT2D eigenvalue weighted by Crippen LogP contribution is -1.90. The van der Waals surface area contributed by atoms with Crippen molar-refractivity contribution in [1.82, 2.24) is 4.57 Å². The number of hydrogen-bond donors (Lipinski definition) is 0. The van der Waals surface area contributed by atoms with Gasteiger partial charge in [0.25, 0.3) is 0 Å². The summed E-state index contributed by atoms with van der Waals surface area (Å²) in [4.78, 5) is 0. The highest BCUT2D eigenvalue weighted by atomic mass is 79.9. The first-order valence-electron chi connectivity index (χ1n) is 4.18. The van der Waals surface area contributed by atoms with E-state index >= 15 is 0 Å². The Kier molecular flexibility index (Phi) is 2.23. The molecule has 2 aromatic rings. The minimum Gasteiger partial charge on any atom is -0.311 e. The van der Waals surface area contributed by atoms with E-state index in [-0.39, 0.29) is 0 Å². The minimum absolute atomic E-state index is 1.12. The van der Waals surface area contributed by atoms with Gasteiger partial charge in [-0.1, -0.05) is 18.2 Å². The molecule has 1 nitrogen and oxygen atoms in total. The molecule has 0 fully saturated rings. The Balaban J connectivity index is 2.53. The van der Waals surface area contributed by atoms with Crippen molar-refractivity contribution in [3.05, 3.63) is 52.8 Å². The molecule has 0 unspecified atom stereocenters. The second-order valence-electron chi connectivity index (χ2n) is 3.00. The first kappa shape index (κ1) is 8.57. The van der Waals surface area contributed by atoms with Gasteiger partial charge in [0, 0.05) is 11.9 Å². The summed E-state index contributed by atoms with van der Waals surface area (Å²) in [6.45, 7) is 2.09. The average Bonchev–Trinajstić information content (AvgIpc) is 2.49. The van der Waals surface area contributed by atoms with E-state index in [1.54, 1.807) is 0 Å². The summed E-state index contributed by atoms with van der Waals surface area (Å²) < 4.78 is 3.24. The number of hydrogen-bond acceptors (Lipinski definition) is 0. The molecule has 0 saturated heterocycles. The van der Waals surface area contributed by atoms with Gasteiger partial charge in [-0.15, -0.1) is 0 Å². The van der Waals surface area contributed by atoms with Gasteiger partial charge in [-0.3, -0.25) is 0 Å². The molecule has 66 valence electrons. The number of benzene rings is 1. The molecule has 2 heteroatoms. The summed E-state index contributed by atoms with van der Waals surface area (Å²) in [5.74, 6) is 0. The van der Waals surface area contributed by atoms with Gasteiger partial charge in [-0.2, -0.15) is 0 Å². The van der Waals surface area contributed by atoms with E-state index in [0.717, 1.165) is 4.60 Å². The highest BCUT2D eigenvalue weighted by molar-refractivity contribution is 9.10. The Morgan fingerprint density at radius 2 is 1.77 bits per heavy atom. The van der Waals surface area contributed by atoms with E-state index < -0.39 is 0 Å². The molecule has 1 heterocycles. The van der Waals surface area contributed by atoms with Crippen LogP contribution in [0.25, 0.3) is 5.69 Å². The Morgan fingerprint density at radius 3 is 2.31 bits per heavy atom. The molecule has 2 rings (SSSR count). The van der Waals surface area contributed by atoms with Gasteiger partial charge < -0.3 is 4.57 Å². The van der Waals surface area contributed by atoms with Gasteiger partial charge in [0.15, 0.2) is 0 Å². The van der Waals surface area contributed by atoms with Crippen LogP contribution in [0.3, 0.4) is 0 Å². The Labute approximate surface area is 86.1 Å². The lowest BCUT2D eigenvalue weighted by molar-refractivity contribution is 1.04. The van der Waals surface area contributed by atoms with Crippen molar-refractivity contribution in [2.75, 3.05) is 0 Å². The zero-order chi connectivity index (χ0) is 9.26. The third-order valence-corrected chi connectivity index (χ3v) is 3.05. The van der Waals surface area contributed by atoms with Crippen LogP contribution in [-0.2, 0) is 0 Å². The van der Waals surface area contributed by atoms with Crippen LogP contribution in [0.2, 0.25) is 0 Å². The number of halogens is 1. The fourth-order valence-corrected chi connectivity index (χ4v) is 1.75. The molecule has 0 aliphatic heterocycles. The molecule has 0 N–H and O–H groups in total. The number of nitrogens with zero attached hydrogens (tertiary/aromatic N) is 1. The van der Waals surface area contributed by atoms with Gasteiger partial charge in [-0.25, -0.2) is 0 Å². The molecule has 13 heavy (non-hydrogen) atoms. The van der Waals surface area contributed by atoms with Crippen LogP contribution in [0, 0.1) is 6.92 Å². The second kappa shape index (κ2) is 3.38. The number of para-hydroxylation sites is 1.